The smallest absolute Gasteiger partial charge is 0.0626 e. The molecule has 0 saturated heterocycles. The molecule has 0 aliphatic heterocycles. The first-order valence-electron chi connectivity index (χ1n) is 5.80. The second kappa shape index (κ2) is 7.39. The molecule has 3 N–H and O–H groups in total. The topological polar surface area (TPSA) is 52.5 Å². The summed E-state index contributed by atoms with van der Waals surface area (Å²) < 4.78 is 0. The molecular formula is C13H21NO2. The van der Waals surface area contributed by atoms with Gasteiger partial charge in [-0.1, -0.05) is 30.3 Å². The van der Waals surface area contributed by atoms with E-state index in [0.717, 1.165) is 18.4 Å². The van der Waals surface area contributed by atoms with E-state index < -0.39 is 0 Å². The third kappa shape index (κ3) is 4.31. The third-order valence-corrected chi connectivity index (χ3v) is 2.67. The lowest BCUT2D eigenvalue weighted by atomic mass is 10.1. The monoisotopic (exact) mass is 223 g/mol. The summed E-state index contributed by atoms with van der Waals surface area (Å²) in [6.07, 6.45) is 1.71. The predicted octanol–water partition coefficient (Wildman–Crippen LogP) is 1.47. The summed E-state index contributed by atoms with van der Waals surface area (Å²) in [6, 6.07) is 10.2. The summed E-state index contributed by atoms with van der Waals surface area (Å²) in [4.78, 5) is 0. The molecule has 0 saturated carbocycles. The van der Waals surface area contributed by atoms with Gasteiger partial charge in [-0.2, -0.15) is 0 Å². The van der Waals surface area contributed by atoms with Crippen molar-refractivity contribution in [1.29, 1.82) is 0 Å². The Morgan fingerprint density at radius 3 is 2.44 bits per heavy atom. The van der Waals surface area contributed by atoms with Crippen molar-refractivity contribution in [1.82, 2.24) is 5.32 Å². The lowest BCUT2D eigenvalue weighted by Crippen LogP contribution is -2.32. The van der Waals surface area contributed by atoms with Gasteiger partial charge in [0.15, 0.2) is 0 Å². The zero-order valence-electron chi connectivity index (χ0n) is 9.76. The van der Waals surface area contributed by atoms with E-state index in [-0.39, 0.29) is 19.3 Å². The molecule has 0 aliphatic rings. The zero-order chi connectivity index (χ0) is 11.8. The Bertz CT molecular complexity index is 277. The molecule has 1 unspecified atom stereocenters. The predicted molar refractivity (Wildman–Crippen MR) is 65.2 cm³/mol. The SMILES string of the molecule is CC(CCCO)N[C@H](CO)c1ccccc1. The van der Waals surface area contributed by atoms with Crippen LogP contribution in [-0.2, 0) is 0 Å². The first-order valence-corrected chi connectivity index (χ1v) is 5.80. The Kier molecular flexibility index (Phi) is 6.08. The number of rotatable bonds is 7. The third-order valence-electron chi connectivity index (χ3n) is 2.67. The van der Waals surface area contributed by atoms with Gasteiger partial charge >= 0.3 is 0 Å². The molecule has 0 aliphatic carbocycles. The largest absolute Gasteiger partial charge is 0.396 e. The van der Waals surface area contributed by atoms with Crippen molar-refractivity contribution in [3.63, 3.8) is 0 Å². The highest BCUT2D eigenvalue weighted by Crippen LogP contribution is 2.13. The van der Waals surface area contributed by atoms with Gasteiger partial charge in [-0.05, 0) is 25.3 Å². The van der Waals surface area contributed by atoms with E-state index in [2.05, 4.69) is 12.2 Å². The number of aliphatic hydroxyl groups excluding tert-OH is 2. The molecule has 0 radical (unpaired) electrons. The molecular weight excluding hydrogens is 202 g/mol. The van der Waals surface area contributed by atoms with Crippen LogP contribution in [0.2, 0.25) is 0 Å². The molecule has 1 aromatic rings. The Labute approximate surface area is 97.1 Å². The first-order chi connectivity index (χ1) is 7.77. The maximum absolute atomic E-state index is 9.34. The fourth-order valence-corrected chi connectivity index (χ4v) is 1.76. The van der Waals surface area contributed by atoms with E-state index in [1.54, 1.807) is 0 Å². The van der Waals surface area contributed by atoms with Gasteiger partial charge < -0.3 is 15.5 Å². The van der Waals surface area contributed by atoms with Crippen molar-refractivity contribution in [2.45, 2.75) is 31.8 Å². The van der Waals surface area contributed by atoms with Crippen molar-refractivity contribution in [2.75, 3.05) is 13.2 Å². The Morgan fingerprint density at radius 2 is 1.88 bits per heavy atom. The van der Waals surface area contributed by atoms with Crippen LogP contribution >= 0.6 is 0 Å². The van der Waals surface area contributed by atoms with Gasteiger partial charge in [-0.25, -0.2) is 0 Å². The van der Waals surface area contributed by atoms with E-state index in [0.29, 0.717) is 6.04 Å². The van der Waals surface area contributed by atoms with Crippen LogP contribution in [0.1, 0.15) is 31.4 Å². The van der Waals surface area contributed by atoms with Crippen LogP contribution in [0, 0.1) is 0 Å². The molecule has 0 aromatic heterocycles. The molecule has 0 amide bonds. The standard InChI is InChI=1S/C13H21NO2/c1-11(6-5-9-15)14-13(10-16)12-7-3-2-4-8-12/h2-4,7-8,11,13-16H,5-6,9-10H2,1H3/t11?,13-/m1/s1. The molecule has 0 heterocycles. The Hall–Kier alpha value is -0.900. The van der Waals surface area contributed by atoms with Crippen LogP contribution in [0.15, 0.2) is 30.3 Å². The number of nitrogens with one attached hydrogen (secondary N) is 1. The minimum Gasteiger partial charge on any atom is -0.396 e. The average molecular weight is 223 g/mol. The van der Waals surface area contributed by atoms with Gasteiger partial charge in [0.05, 0.1) is 12.6 Å². The Balaban J connectivity index is 2.49. The fraction of sp³-hybridized carbons (Fsp3) is 0.538. The molecule has 1 aromatic carbocycles. The van der Waals surface area contributed by atoms with E-state index >= 15 is 0 Å². The van der Waals surface area contributed by atoms with Gasteiger partial charge in [0.1, 0.15) is 0 Å². The molecule has 16 heavy (non-hydrogen) atoms. The van der Waals surface area contributed by atoms with E-state index in [4.69, 9.17) is 5.11 Å². The summed E-state index contributed by atoms with van der Waals surface area (Å²) >= 11 is 0. The van der Waals surface area contributed by atoms with Gasteiger partial charge in [0.2, 0.25) is 0 Å². The second-order valence-electron chi connectivity index (χ2n) is 4.08. The molecule has 0 bridgehead atoms. The highest BCUT2D eigenvalue weighted by molar-refractivity contribution is 5.18. The normalized spacial score (nSPS) is 14.7. The average Bonchev–Trinajstić information content (AvgIpc) is 2.34. The number of hydrogen-bond acceptors (Lipinski definition) is 3. The van der Waals surface area contributed by atoms with Crippen molar-refractivity contribution in [2.24, 2.45) is 0 Å². The Morgan fingerprint density at radius 1 is 1.19 bits per heavy atom. The molecule has 3 nitrogen and oxygen atoms in total. The van der Waals surface area contributed by atoms with Crippen LogP contribution in [0.3, 0.4) is 0 Å². The van der Waals surface area contributed by atoms with Crippen molar-refractivity contribution in [3.8, 4) is 0 Å². The number of hydrogen-bond donors (Lipinski definition) is 3. The van der Waals surface area contributed by atoms with Crippen LogP contribution in [-0.4, -0.2) is 29.5 Å². The van der Waals surface area contributed by atoms with Crippen LogP contribution < -0.4 is 5.32 Å². The quantitative estimate of drug-likeness (QED) is 0.656. The summed E-state index contributed by atoms with van der Waals surface area (Å²) in [5.41, 5.74) is 1.10. The van der Waals surface area contributed by atoms with Crippen LogP contribution in [0.25, 0.3) is 0 Å². The lowest BCUT2D eigenvalue weighted by Gasteiger charge is -2.21. The number of benzene rings is 1. The highest BCUT2D eigenvalue weighted by Gasteiger charge is 2.12. The maximum atomic E-state index is 9.34. The molecule has 2 atom stereocenters. The van der Waals surface area contributed by atoms with Crippen LogP contribution in [0.4, 0.5) is 0 Å². The van der Waals surface area contributed by atoms with E-state index in [9.17, 15) is 5.11 Å². The minimum absolute atomic E-state index is 0.0186. The van der Waals surface area contributed by atoms with Crippen molar-refractivity contribution < 1.29 is 10.2 Å². The highest BCUT2D eigenvalue weighted by atomic mass is 16.3. The molecule has 0 fully saturated rings. The summed E-state index contributed by atoms with van der Waals surface area (Å²) in [5.74, 6) is 0. The molecule has 3 heteroatoms. The van der Waals surface area contributed by atoms with Gasteiger partial charge in [-0.15, -0.1) is 0 Å². The number of aliphatic hydroxyl groups is 2. The summed E-state index contributed by atoms with van der Waals surface area (Å²) in [5, 5.41) is 21.4. The van der Waals surface area contributed by atoms with E-state index in [1.807, 2.05) is 30.3 Å². The van der Waals surface area contributed by atoms with Gasteiger partial charge in [-0.3, -0.25) is 0 Å². The maximum Gasteiger partial charge on any atom is 0.0626 e. The molecule has 90 valence electrons. The van der Waals surface area contributed by atoms with E-state index in [1.165, 1.54) is 0 Å². The van der Waals surface area contributed by atoms with Gasteiger partial charge in [0.25, 0.3) is 0 Å². The van der Waals surface area contributed by atoms with Crippen LogP contribution in [0.5, 0.6) is 0 Å². The van der Waals surface area contributed by atoms with Crippen molar-refractivity contribution >= 4 is 0 Å². The molecule has 1 rings (SSSR count). The fourth-order valence-electron chi connectivity index (χ4n) is 1.76. The van der Waals surface area contributed by atoms with Crippen molar-refractivity contribution in [3.05, 3.63) is 35.9 Å². The zero-order valence-corrected chi connectivity index (χ0v) is 9.76. The second-order valence-corrected chi connectivity index (χ2v) is 4.08. The molecule has 0 spiro atoms. The first kappa shape index (κ1) is 13.2. The lowest BCUT2D eigenvalue weighted by molar-refractivity contribution is 0.226. The summed E-state index contributed by atoms with van der Waals surface area (Å²) in [7, 11) is 0. The van der Waals surface area contributed by atoms with Gasteiger partial charge in [0, 0.05) is 12.6 Å². The minimum atomic E-state index is -0.0186. The summed E-state index contributed by atoms with van der Waals surface area (Å²) in [6.45, 7) is 2.38.